The number of rotatable bonds is 3. The number of benzene rings is 2. The lowest BCUT2D eigenvalue weighted by molar-refractivity contribution is 0.102. The maximum absolute atomic E-state index is 12.2. The number of aryl methyl sites for hydroxylation is 1. The molecule has 1 amide bonds. The van der Waals surface area contributed by atoms with Crippen LogP contribution in [0.2, 0.25) is 0 Å². The fourth-order valence-electron chi connectivity index (χ4n) is 2.62. The van der Waals surface area contributed by atoms with Crippen molar-refractivity contribution in [1.29, 1.82) is 0 Å². The van der Waals surface area contributed by atoms with E-state index in [-0.39, 0.29) is 17.2 Å². The Morgan fingerprint density at radius 2 is 1.81 bits per heavy atom. The van der Waals surface area contributed by atoms with Crippen molar-refractivity contribution in [2.24, 2.45) is 7.05 Å². The molecule has 0 saturated carbocycles. The summed E-state index contributed by atoms with van der Waals surface area (Å²) < 4.78 is 1.12. The van der Waals surface area contributed by atoms with Gasteiger partial charge in [0.05, 0.1) is 11.0 Å². The molecule has 0 saturated heterocycles. The van der Waals surface area contributed by atoms with Gasteiger partial charge in [-0.25, -0.2) is 9.67 Å². The Morgan fingerprint density at radius 1 is 1.04 bits per heavy atom. The molecule has 2 aromatic carbocycles. The van der Waals surface area contributed by atoms with Gasteiger partial charge in [-0.3, -0.25) is 9.59 Å². The number of anilines is 1. The predicted molar refractivity (Wildman–Crippen MR) is 99.0 cm³/mol. The molecular formula is C19H15N5O2. The lowest BCUT2D eigenvalue weighted by Gasteiger charge is -2.06. The van der Waals surface area contributed by atoms with Gasteiger partial charge < -0.3 is 10.3 Å². The summed E-state index contributed by atoms with van der Waals surface area (Å²) in [6.45, 7) is 0. The normalized spacial score (nSPS) is 10.8. The van der Waals surface area contributed by atoms with Gasteiger partial charge in [-0.15, -0.1) is 0 Å². The van der Waals surface area contributed by atoms with Crippen molar-refractivity contribution >= 4 is 22.6 Å². The number of aromatic amines is 1. The Hall–Kier alpha value is -3.74. The van der Waals surface area contributed by atoms with E-state index in [2.05, 4.69) is 20.4 Å². The summed E-state index contributed by atoms with van der Waals surface area (Å²) in [4.78, 5) is 31.4. The van der Waals surface area contributed by atoms with E-state index in [4.69, 9.17) is 0 Å². The molecule has 4 aromatic rings. The minimum atomic E-state index is -0.378. The number of fused-ring (bicyclic) bond motifs is 1. The van der Waals surface area contributed by atoms with Gasteiger partial charge in [0.1, 0.15) is 11.5 Å². The molecule has 0 bridgehead atoms. The number of imidazole rings is 1. The van der Waals surface area contributed by atoms with Gasteiger partial charge >= 0.3 is 0 Å². The highest BCUT2D eigenvalue weighted by molar-refractivity contribution is 6.02. The maximum atomic E-state index is 12.2. The van der Waals surface area contributed by atoms with Crippen LogP contribution in [-0.4, -0.2) is 25.7 Å². The van der Waals surface area contributed by atoms with Crippen LogP contribution < -0.4 is 10.9 Å². The first kappa shape index (κ1) is 15.8. The molecule has 4 rings (SSSR count). The van der Waals surface area contributed by atoms with Crippen LogP contribution in [0.5, 0.6) is 0 Å². The third-order valence-corrected chi connectivity index (χ3v) is 4.00. The van der Waals surface area contributed by atoms with E-state index in [0.29, 0.717) is 5.69 Å². The lowest BCUT2D eigenvalue weighted by Crippen LogP contribution is -2.23. The van der Waals surface area contributed by atoms with Crippen LogP contribution in [0.15, 0.2) is 65.5 Å². The number of amides is 1. The van der Waals surface area contributed by atoms with Gasteiger partial charge in [-0.1, -0.05) is 12.1 Å². The van der Waals surface area contributed by atoms with Crippen LogP contribution in [0.1, 0.15) is 10.5 Å². The topological polar surface area (TPSA) is 92.7 Å². The van der Waals surface area contributed by atoms with Crippen molar-refractivity contribution in [1.82, 2.24) is 19.7 Å². The summed E-state index contributed by atoms with van der Waals surface area (Å²) in [6, 6.07) is 17.9. The zero-order valence-electron chi connectivity index (χ0n) is 13.9. The Balaban J connectivity index is 1.54. The van der Waals surface area contributed by atoms with Crippen molar-refractivity contribution in [3.63, 3.8) is 0 Å². The molecule has 7 heteroatoms. The first-order chi connectivity index (χ1) is 12.6. The van der Waals surface area contributed by atoms with Crippen LogP contribution in [0, 0.1) is 0 Å². The molecule has 0 aliphatic heterocycles. The molecule has 0 fully saturated rings. The SMILES string of the molecule is Cn1nc(C(=O)Nc2ccc(-c3nc4ccccc4[nH]3)cc2)ccc1=O. The quantitative estimate of drug-likeness (QED) is 0.597. The molecule has 128 valence electrons. The second kappa shape index (κ2) is 6.29. The molecular weight excluding hydrogens is 330 g/mol. The fraction of sp³-hybridized carbons (Fsp3) is 0.0526. The molecule has 0 spiro atoms. The van der Waals surface area contributed by atoms with E-state index < -0.39 is 0 Å². The standard InChI is InChI=1S/C19H15N5O2/c1-24-17(25)11-10-16(23-24)19(26)20-13-8-6-12(7-9-13)18-21-14-4-2-3-5-15(14)22-18/h2-11H,1H3,(H,20,26)(H,21,22). The van der Waals surface area contributed by atoms with Crippen LogP contribution >= 0.6 is 0 Å². The maximum Gasteiger partial charge on any atom is 0.276 e. The first-order valence-electron chi connectivity index (χ1n) is 8.01. The molecule has 0 atom stereocenters. The molecule has 2 heterocycles. The van der Waals surface area contributed by atoms with Crippen LogP contribution in [0.3, 0.4) is 0 Å². The predicted octanol–water partition coefficient (Wildman–Crippen LogP) is 2.58. The number of nitrogens with one attached hydrogen (secondary N) is 2. The van der Waals surface area contributed by atoms with Crippen LogP contribution in [0.25, 0.3) is 22.4 Å². The molecule has 26 heavy (non-hydrogen) atoms. The Bertz CT molecular complexity index is 1130. The van der Waals surface area contributed by atoms with E-state index in [1.54, 1.807) is 12.1 Å². The Labute approximate surface area is 148 Å². The monoisotopic (exact) mass is 345 g/mol. The van der Waals surface area contributed by atoms with Gasteiger partial charge in [0.25, 0.3) is 11.5 Å². The van der Waals surface area contributed by atoms with E-state index in [1.165, 1.54) is 19.2 Å². The fourth-order valence-corrected chi connectivity index (χ4v) is 2.62. The summed E-state index contributed by atoms with van der Waals surface area (Å²) in [7, 11) is 1.50. The summed E-state index contributed by atoms with van der Waals surface area (Å²) in [5, 5.41) is 6.70. The molecule has 0 radical (unpaired) electrons. The summed E-state index contributed by atoms with van der Waals surface area (Å²) in [6.07, 6.45) is 0. The third-order valence-electron chi connectivity index (χ3n) is 4.00. The van der Waals surface area contributed by atoms with Gasteiger partial charge in [0, 0.05) is 24.4 Å². The summed E-state index contributed by atoms with van der Waals surface area (Å²) in [5.41, 5.74) is 3.33. The van der Waals surface area contributed by atoms with Crippen molar-refractivity contribution in [2.45, 2.75) is 0 Å². The van der Waals surface area contributed by atoms with Gasteiger partial charge in [-0.2, -0.15) is 5.10 Å². The molecule has 2 aromatic heterocycles. The van der Waals surface area contributed by atoms with Gasteiger partial charge in [0.15, 0.2) is 0 Å². The summed E-state index contributed by atoms with van der Waals surface area (Å²) in [5.74, 6) is 0.390. The van der Waals surface area contributed by atoms with E-state index in [0.717, 1.165) is 27.1 Å². The zero-order chi connectivity index (χ0) is 18.1. The number of carbonyl (C=O) groups excluding carboxylic acids is 1. The smallest absolute Gasteiger partial charge is 0.276 e. The minimum Gasteiger partial charge on any atom is -0.338 e. The number of hydrogen-bond acceptors (Lipinski definition) is 4. The molecule has 0 aliphatic rings. The summed E-state index contributed by atoms with van der Waals surface area (Å²) >= 11 is 0. The highest BCUT2D eigenvalue weighted by Crippen LogP contribution is 2.22. The van der Waals surface area contributed by atoms with Crippen molar-refractivity contribution in [3.05, 3.63) is 76.7 Å². The van der Waals surface area contributed by atoms with E-state index in [9.17, 15) is 9.59 Å². The van der Waals surface area contributed by atoms with Gasteiger partial charge in [0.2, 0.25) is 0 Å². The van der Waals surface area contributed by atoms with Crippen LogP contribution in [-0.2, 0) is 7.05 Å². The zero-order valence-corrected chi connectivity index (χ0v) is 13.9. The number of hydrogen-bond donors (Lipinski definition) is 2. The molecule has 0 unspecified atom stereocenters. The molecule has 7 nitrogen and oxygen atoms in total. The highest BCUT2D eigenvalue weighted by Gasteiger charge is 2.10. The molecule has 0 aliphatic carbocycles. The van der Waals surface area contributed by atoms with Crippen molar-refractivity contribution in [2.75, 3.05) is 5.32 Å². The molecule has 2 N–H and O–H groups in total. The number of aromatic nitrogens is 4. The second-order valence-electron chi connectivity index (χ2n) is 5.81. The van der Waals surface area contributed by atoms with E-state index in [1.807, 2.05) is 36.4 Å². The Kier molecular flexibility index (Phi) is 3.81. The number of nitrogens with zero attached hydrogens (tertiary/aromatic N) is 3. The van der Waals surface area contributed by atoms with E-state index >= 15 is 0 Å². The minimum absolute atomic E-state index is 0.175. The van der Waals surface area contributed by atoms with Crippen molar-refractivity contribution in [3.8, 4) is 11.4 Å². The third kappa shape index (κ3) is 2.98. The van der Waals surface area contributed by atoms with Gasteiger partial charge in [-0.05, 0) is 42.5 Å². The number of para-hydroxylation sites is 2. The second-order valence-corrected chi connectivity index (χ2v) is 5.81. The average molecular weight is 345 g/mol. The number of H-pyrrole nitrogens is 1. The number of carbonyl (C=O) groups is 1. The van der Waals surface area contributed by atoms with Crippen molar-refractivity contribution < 1.29 is 4.79 Å². The largest absolute Gasteiger partial charge is 0.338 e. The highest BCUT2D eigenvalue weighted by atomic mass is 16.2. The first-order valence-corrected chi connectivity index (χ1v) is 8.01. The average Bonchev–Trinajstić information content (AvgIpc) is 3.08. The van der Waals surface area contributed by atoms with Crippen LogP contribution in [0.4, 0.5) is 5.69 Å². The Morgan fingerprint density at radius 3 is 2.54 bits per heavy atom. The lowest BCUT2D eigenvalue weighted by atomic mass is 10.2.